The summed E-state index contributed by atoms with van der Waals surface area (Å²) in [6.45, 7) is 7.62. The van der Waals surface area contributed by atoms with E-state index in [9.17, 15) is 5.11 Å². The average Bonchev–Trinajstić information content (AvgIpc) is 3.04. The van der Waals surface area contributed by atoms with Crippen LogP contribution in [0, 0.1) is 0 Å². The quantitative estimate of drug-likeness (QED) is 0.920. The normalized spacial score (nSPS) is 17.2. The van der Waals surface area contributed by atoms with E-state index in [2.05, 4.69) is 34.1 Å². The van der Waals surface area contributed by atoms with Crippen LogP contribution in [0.4, 0.5) is 5.82 Å². The first kappa shape index (κ1) is 17.2. The Kier molecular flexibility index (Phi) is 4.51. The molecule has 2 aromatic rings. The molecule has 0 atom stereocenters. The van der Waals surface area contributed by atoms with Gasteiger partial charge in [-0.2, -0.15) is 0 Å². The summed E-state index contributed by atoms with van der Waals surface area (Å²) in [6, 6.07) is 10.6. The van der Waals surface area contributed by atoms with Gasteiger partial charge >= 0.3 is 0 Å². The third-order valence-electron chi connectivity index (χ3n) is 4.83. The van der Waals surface area contributed by atoms with Crippen LogP contribution in [-0.4, -0.2) is 47.7 Å². The maximum absolute atomic E-state index is 10.1. The standard InChI is InChI=1S/C21H25N3O2/c1-21(2,25)13-15-3-4-17-14-23-20(18(17)11-15)16-5-6-22-19(12-16)24-7-9-26-10-8-24/h3-6,11-12,25H,7-10,13-14H2,1-2H3. The predicted octanol–water partition coefficient (Wildman–Crippen LogP) is 2.58. The van der Waals surface area contributed by atoms with Crippen molar-refractivity contribution < 1.29 is 9.84 Å². The Balaban J connectivity index is 1.63. The van der Waals surface area contributed by atoms with Gasteiger partial charge in [-0.25, -0.2) is 4.98 Å². The molecule has 0 aliphatic carbocycles. The number of aromatic nitrogens is 1. The smallest absolute Gasteiger partial charge is 0.129 e. The highest BCUT2D eigenvalue weighted by molar-refractivity contribution is 6.15. The van der Waals surface area contributed by atoms with Crippen molar-refractivity contribution in [1.29, 1.82) is 0 Å². The molecule has 26 heavy (non-hydrogen) atoms. The lowest BCUT2D eigenvalue weighted by Crippen LogP contribution is -2.36. The maximum Gasteiger partial charge on any atom is 0.129 e. The van der Waals surface area contributed by atoms with Crippen LogP contribution >= 0.6 is 0 Å². The minimum Gasteiger partial charge on any atom is -0.390 e. The summed E-state index contributed by atoms with van der Waals surface area (Å²) < 4.78 is 5.44. The first-order valence-corrected chi connectivity index (χ1v) is 9.18. The van der Waals surface area contributed by atoms with Crippen molar-refractivity contribution >= 4 is 11.5 Å². The molecule has 1 aromatic carbocycles. The summed E-state index contributed by atoms with van der Waals surface area (Å²) >= 11 is 0. The van der Waals surface area contributed by atoms with Gasteiger partial charge in [-0.3, -0.25) is 4.99 Å². The van der Waals surface area contributed by atoms with Gasteiger partial charge in [0.15, 0.2) is 0 Å². The molecule has 0 saturated carbocycles. The SMILES string of the molecule is CC(C)(O)Cc1ccc2c(c1)C(c1ccnc(N3CCOCC3)c1)=NC2. The molecule has 2 aliphatic rings. The molecular formula is C21H25N3O2. The molecule has 0 spiro atoms. The predicted molar refractivity (Wildman–Crippen MR) is 103 cm³/mol. The topological polar surface area (TPSA) is 58.0 Å². The monoisotopic (exact) mass is 351 g/mol. The molecule has 1 fully saturated rings. The number of nitrogens with zero attached hydrogens (tertiary/aromatic N) is 3. The number of aliphatic imine (C=N–C) groups is 1. The van der Waals surface area contributed by atoms with E-state index in [1.54, 1.807) is 0 Å². The van der Waals surface area contributed by atoms with Crippen molar-refractivity contribution in [3.05, 3.63) is 58.8 Å². The number of morpholine rings is 1. The highest BCUT2D eigenvalue weighted by atomic mass is 16.5. The third kappa shape index (κ3) is 3.64. The zero-order valence-corrected chi connectivity index (χ0v) is 15.4. The second-order valence-electron chi connectivity index (χ2n) is 7.65. The minimum absolute atomic E-state index is 0.628. The molecule has 5 heteroatoms. The minimum atomic E-state index is -0.718. The van der Waals surface area contributed by atoms with Crippen molar-refractivity contribution in [3.8, 4) is 0 Å². The molecule has 1 aromatic heterocycles. The summed E-state index contributed by atoms with van der Waals surface area (Å²) in [5.41, 5.74) is 4.95. The van der Waals surface area contributed by atoms with Crippen LogP contribution in [0.1, 0.15) is 36.1 Å². The van der Waals surface area contributed by atoms with E-state index >= 15 is 0 Å². The number of benzene rings is 1. The number of aliphatic hydroxyl groups is 1. The number of ether oxygens (including phenoxy) is 1. The first-order valence-electron chi connectivity index (χ1n) is 9.18. The number of hydrogen-bond donors (Lipinski definition) is 1. The van der Waals surface area contributed by atoms with Gasteiger partial charge in [0.2, 0.25) is 0 Å². The average molecular weight is 351 g/mol. The summed E-state index contributed by atoms with van der Waals surface area (Å²) in [6.07, 6.45) is 2.49. The second kappa shape index (κ2) is 6.82. The Bertz CT molecular complexity index is 833. The van der Waals surface area contributed by atoms with Crippen LogP contribution in [0.15, 0.2) is 41.5 Å². The van der Waals surface area contributed by atoms with Gasteiger partial charge in [0.05, 0.1) is 31.1 Å². The molecule has 3 heterocycles. The van der Waals surface area contributed by atoms with Crippen LogP contribution in [0.3, 0.4) is 0 Å². The van der Waals surface area contributed by atoms with Gasteiger partial charge < -0.3 is 14.7 Å². The summed E-state index contributed by atoms with van der Waals surface area (Å²) in [7, 11) is 0. The lowest BCUT2D eigenvalue weighted by molar-refractivity contribution is 0.0810. The molecule has 1 N–H and O–H groups in total. The molecule has 0 bridgehead atoms. The highest BCUT2D eigenvalue weighted by Crippen LogP contribution is 2.27. The number of rotatable bonds is 4. The Morgan fingerprint density at radius 2 is 1.96 bits per heavy atom. The molecule has 0 unspecified atom stereocenters. The highest BCUT2D eigenvalue weighted by Gasteiger charge is 2.21. The fourth-order valence-corrected chi connectivity index (χ4v) is 3.62. The number of hydrogen-bond acceptors (Lipinski definition) is 5. The van der Waals surface area contributed by atoms with Crippen LogP contribution in [0.5, 0.6) is 0 Å². The van der Waals surface area contributed by atoms with Gasteiger partial charge in [-0.05, 0) is 43.2 Å². The molecule has 0 amide bonds. The van der Waals surface area contributed by atoms with Crippen molar-refractivity contribution in [2.75, 3.05) is 31.2 Å². The van der Waals surface area contributed by atoms with Gasteiger partial charge in [0.1, 0.15) is 5.82 Å². The van der Waals surface area contributed by atoms with E-state index in [1.807, 2.05) is 26.1 Å². The largest absolute Gasteiger partial charge is 0.390 e. The fourth-order valence-electron chi connectivity index (χ4n) is 3.62. The molecule has 5 nitrogen and oxygen atoms in total. The summed E-state index contributed by atoms with van der Waals surface area (Å²) in [4.78, 5) is 11.6. The zero-order chi connectivity index (χ0) is 18.1. The van der Waals surface area contributed by atoms with Gasteiger partial charge in [-0.15, -0.1) is 0 Å². The van der Waals surface area contributed by atoms with Crippen molar-refractivity contribution in [2.45, 2.75) is 32.4 Å². The Morgan fingerprint density at radius 1 is 1.15 bits per heavy atom. The molecule has 1 saturated heterocycles. The van der Waals surface area contributed by atoms with Crippen molar-refractivity contribution in [3.63, 3.8) is 0 Å². The van der Waals surface area contributed by atoms with E-state index < -0.39 is 5.60 Å². The summed E-state index contributed by atoms with van der Waals surface area (Å²) in [5.74, 6) is 0.981. The van der Waals surface area contributed by atoms with Gasteiger partial charge in [-0.1, -0.05) is 12.1 Å². The number of fused-ring (bicyclic) bond motifs is 1. The second-order valence-corrected chi connectivity index (χ2v) is 7.65. The lowest BCUT2D eigenvalue weighted by Gasteiger charge is -2.28. The molecule has 2 aliphatic heterocycles. The Labute approximate surface area is 154 Å². The van der Waals surface area contributed by atoms with Gasteiger partial charge in [0.25, 0.3) is 0 Å². The lowest BCUT2D eigenvalue weighted by atomic mass is 9.93. The van der Waals surface area contributed by atoms with Crippen LogP contribution < -0.4 is 4.90 Å². The van der Waals surface area contributed by atoms with E-state index in [1.165, 1.54) is 11.1 Å². The maximum atomic E-state index is 10.1. The van der Waals surface area contributed by atoms with Crippen molar-refractivity contribution in [1.82, 2.24) is 4.98 Å². The van der Waals surface area contributed by atoms with Crippen LogP contribution in [0.25, 0.3) is 0 Å². The van der Waals surface area contributed by atoms with Crippen molar-refractivity contribution in [2.24, 2.45) is 4.99 Å². The Hall–Kier alpha value is -2.24. The molecular weight excluding hydrogens is 326 g/mol. The van der Waals surface area contributed by atoms with Gasteiger partial charge in [0, 0.05) is 36.8 Å². The number of pyridine rings is 1. The summed E-state index contributed by atoms with van der Waals surface area (Å²) in [5, 5.41) is 10.1. The van der Waals surface area contributed by atoms with E-state index in [0.717, 1.165) is 49.0 Å². The molecule has 136 valence electrons. The first-order chi connectivity index (χ1) is 12.5. The fraction of sp³-hybridized carbons (Fsp3) is 0.429. The van der Waals surface area contributed by atoms with E-state index in [-0.39, 0.29) is 0 Å². The molecule has 0 radical (unpaired) electrons. The van der Waals surface area contributed by atoms with E-state index in [4.69, 9.17) is 9.73 Å². The number of anilines is 1. The van der Waals surface area contributed by atoms with E-state index in [0.29, 0.717) is 13.0 Å². The Morgan fingerprint density at radius 3 is 2.73 bits per heavy atom. The van der Waals surface area contributed by atoms with Crippen LogP contribution in [-0.2, 0) is 17.7 Å². The zero-order valence-electron chi connectivity index (χ0n) is 15.4. The van der Waals surface area contributed by atoms with Crippen LogP contribution in [0.2, 0.25) is 0 Å². The molecule has 4 rings (SSSR count). The third-order valence-corrected chi connectivity index (χ3v) is 4.83.